The van der Waals surface area contributed by atoms with Crippen molar-refractivity contribution in [2.45, 2.75) is 43.5 Å². The lowest BCUT2D eigenvalue weighted by Crippen LogP contribution is -2.45. The molecule has 0 bridgehead atoms. The van der Waals surface area contributed by atoms with Gasteiger partial charge in [0.1, 0.15) is 0 Å². The molecule has 0 atom stereocenters. The fourth-order valence-corrected chi connectivity index (χ4v) is 4.81. The van der Waals surface area contributed by atoms with Crippen LogP contribution < -0.4 is 5.32 Å². The van der Waals surface area contributed by atoms with Crippen LogP contribution in [-0.4, -0.2) is 43.3 Å². The summed E-state index contributed by atoms with van der Waals surface area (Å²) in [4.78, 5) is 10.5. The standard InChI is InChI=1S/C16H23N3O4S.ClH/c1-12-10-15(19(20)21)4-5-16(12)24(22,23)18-8-6-14(7-9-18)17-11-13-2-3-13;/h4-5,10,13-14,17H,2-3,6-9,11H2,1H3;1H. The lowest BCUT2D eigenvalue weighted by molar-refractivity contribution is -0.385. The maximum atomic E-state index is 12.8. The number of benzene rings is 1. The van der Waals surface area contributed by atoms with Crippen LogP contribution in [0.5, 0.6) is 0 Å². The number of nitrogens with one attached hydrogen (secondary N) is 1. The molecule has 1 saturated carbocycles. The second-order valence-corrected chi connectivity index (χ2v) is 8.64. The van der Waals surface area contributed by atoms with Crippen LogP contribution in [0, 0.1) is 23.0 Å². The number of halogens is 1. The van der Waals surface area contributed by atoms with Gasteiger partial charge in [-0.05, 0) is 56.7 Å². The molecule has 0 radical (unpaired) electrons. The first-order chi connectivity index (χ1) is 11.4. The van der Waals surface area contributed by atoms with Gasteiger partial charge in [-0.1, -0.05) is 0 Å². The second kappa shape index (κ2) is 7.99. The highest BCUT2D eigenvalue weighted by molar-refractivity contribution is 7.89. The van der Waals surface area contributed by atoms with E-state index in [1.54, 1.807) is 6.92 Å². The van der Waals surface area contributed by atoms with Crippen molar-refractivity contribution in [2.75, 3.05) is 19.6 Å². The summed E-state index contributed by atoms with van der Waals surface area (Å²) in [6.45, 7) is 3.62. The first-order valence-electron chi connectivity index (χ1n) is 8.36. The molecular weight excluding hydrogens is 366 g/mol. The van der Waals surface area contributed by atoms with Crippen molar-refractivity contribution in [3.8, 4) is 0 Å². The Morgan fingerprint density at radius 1 is 1.24 bits per heavy atom. The normalized spacial score (nSPS) is 19.4. The highest BCUT2D eigenvalue weighted by Gasteiger charge is 2.31. The molecule has 140 valence electrons. The van der Waals surface area contributed by atoms with E-state index >= 15 is 0 Å². The molecule has 0 spiro atoms. The smallest absolute Gasteiger partial charge is 0.269 e. The number of nitro benzene ring substituents is 1. The first-order valence-corrected chi connectivity index (χ1v) is 9.80. The largest absolute Gasteiger partial charge is 0.314 e. The molecule has 1 N–H and O–H groups in total. The molecule has 1 aromatic rings. The fraction of sp³-hybridized carbons (Fsp3) is 0.625. The van der Waals surface area contributed by atoms with Crippen molar-refractivity contribution in [3.63, 3.8) is 0 Å². The molecule has 0 unspecified atom stereocenters. The molecule has 3 rings (SSSR count). The molecule has 1 aromatic carbocycles. The fourth-order valence-electron chi connectivity index (χ4n) is 3.13. The lowest BCUT2D eigenvalue weighted by atomic mass is 10.1. The number of rotatable bonds is 6. The highest BCUT2D eigenvalue weighted by atomic mass is 35.5. The van der Waals surface area contributed by atoms with Gasteiger partial charge in [0.15, 0.2) is 0 Å². The van der Waals surface area contributed by atoms with Gasteiger partial charge in [0.05, 0.1) is 9.82 Å². The Labute approximate surface area is 154 Å². The van der Waals surface area contributed by atoms with Gasteiger partial charge in [-0.25, -0.2) is 8.42 Å². The lowest BCUT2D eigenvalue weighted by Gasteiger charge is -2.32. The number of hydrogen-bond donors (Lipinski definition) is 1. The third-order valence-corrected chi connectivity index (χ3v) is 6.89. The van der Waals surface area contributed by atoms with Crippen LogP contribution in [0.3, 0.4) is 0 Å². The zero-order valence-electron chi connectivity index (χ0n) is 14.2. The third-order valence-electron chi connectivity index (χ3n) is 4.83. The zero-order valence-corrected chi connectivity index (χ0v) is 15.8. The topological polar surface area (TPSA) is 92.5 Å². The Bertz CT molecular complexity index is 729. The Kier molecular flexibility index (Phi) is 6.42. The summed E-state index contributed by atoms with van der Waals surface area (Å²) in [5.74, 6) is 0.814. The summed E-state index contributed by atoms with van der Waals surface area (Å²) in [6.07, 6.45) is 4.22. The molecule has 1 heterocycles. The minimum atomic E-state index is -3.59. The molecule has 1 aliphatic heterocycles. The predicted molar refractivity (Wildman–Crippen MR) is 97.6 cm³/mol. The van der Waals surface area contributed by atoms with Crippen LogP contribution >= 0.6 is 12.4 Å². The van der Waals surface area contributed by atoms with Gasteiger partial charge in [0.2, 0.25) is 10.0 Å². The maximum absolute atomic E-state index is 12.8. The molecular formula is C16H24ClN3O4S. The number of aryl methyl sites for hydroxylation is 1. The molecule has 0 aromatic heterocycles. The van der Waals surface area contributed by atoms with Crippen molar-refractivity contribution in [2.24, 2.45) is 5.92 Å². The number of non-ortho nitro benzene ring substituents is 1. The average molecular weight is 390 g/mol. The van der Waals surface area contributed by atoms with Crippen LogP contribution in [0.2, 0.25) is 0 Å². The first kappa shape index (κ1) is 20.1. The molecule has 2 fully saturated rings. The van der Waals surface area contributed by atoms with Gasteiger partial charge in [-0.15, -0.1) is 12.4 Å². The molecule has 1 aliphatic carbocycles. The summed E-state index contributed by atoms with van der Waals surface area (Å²) >= 11 is 0. The van der Waals surface area contributed by atoms with Crippen molar-refractivity contribution >= 4 is 28.1 Å². The number of hydrogen-bond acceptors (Lipinski definition) is 5. The van der Waals surface area contributed by atoms with Crippen molar-refractivity contribution in [3.05, 3.63) is 33.9 Å². The van der Waals surface area contributed by atoms with Gasteiger partial charge in [0.25, 0.3) is 5.69 Å². The number of piperidine rings is 1. The Morgan fingerprint density at radius 2 is 1.88 bits per heavy atom. The molecule has 2 aliphatic rings. The summed E-state index contributed by atoms with van der Waals surface area (Å²) < 4.78 is 27.1. The Hall–Kier alpha value is -1.22. The highest BCUT2D eigenvalue weighted by Crippen LogP contribution is 2.29. The zero-order chi connectivity index (χ0) is 17.3. The van der Waals surface area contributed by atoms with Crippen LogP contribution in [0.4, 0.5) is 5.69 Å². The third kappa shape index (κ3) is 4.69. The summed E-state index contributed by atoms with van der Waals surface area (Å²) in [6, 6.07) is 4.30. The molecule has 1 saturated heterocycles. The Morgan fingerprint density at radius 3 is 2.40 bits per heavy atom. The predicted octanol–water partition coefficient (Wildman–Crippen LogP) is 2.48. The minimum absolute atomic E-state index is 0. The minimum Gasteiger partial charge on any atom is -0.314 e. The van der Waals surface area contributed by atoms with Crippen molar-refractivity contribution in [1.82, 2.24) is 9.62 Å². The number of nitro groups is 1. The molecule has 25 heavy (non-hydrogen) atoms. The van der Waals surface area contributed by atoms with E-state index in [1.165, 1.54) is 35.3 Å². The van der Waals surface area contributed by atoms with E-state index in [2.05, 4.69) is 5.32 Å². The van der Waals surface area contributed by atoms with Gasteiger partial charge >= 0.3 is 0 Å². The van der Waals surface area contributed by atoms with E-state index in [0.29, 0.717) is 24.7 Å². The van der Waals surface area contributed by atoms with Crippen molar-refractivity contribution in [1.29, 1.82) is 0 Å². The van der Waals surface area contributed by atoms with E-state index in [-0.39, 0.29) is 23.0 Å². The molecule has 9 heteroatoms. The average Bonchev–Trinajstić information content (AvgIpc) is 3.37. The summed E-state index contributed by atoms with van der Waals surface area (Å²) in [5.41, 5.74) is 0.326. The van der Waals surface area contributed by atoms with Crippen LogP contribution in [-0.2, 0) is 10.0 Å². The quantitative estimate of drug-likeness (QED) is 0.596. The van der Waals surface area contributed by atoms with Gasteiger partial charge < -0.3 is 5.32 Å². The van der Waals surface area contributed by atoms with E-state index in [4.69, 9.17) is 0 Å². The van der Waals surface area contributed by atoms with Crippen LogP contribution in [0.15, 0.2) is 23.1 Å². The van der Waals surface area contributed by atoms with Crippen LogP contribution in [0.25, 0.3) is 0 Å². The number of nitrogens with zero attached hydrogens (tertiary/aromatic N) is 2. The van der Waals surface area contributed by atoms with E-state index < -0.39 is 14.9 Å². The Balaban J connectivity index is 0.00000225. The SMILES string of the molecule is Cc1cc([N+](=O)[O-])ccc1S(=O)(=O)N1CCC(NCC2CC2)CC1.Cl. The number of sulfonamides is 1. The maximum Gasteiger partial charge on any atom is 0.269 e. The second-order valence-electron chi connectivity index (χ2n) is 6.74. The van der Waals surface area contributed by atoms with Gasteiger partial charge in [-0.2, -0.15) is 4.31 Å². The monoisotopic (exact) mass is 389 g/mol. The van der Waals surface area contributed by atoms with E-state index in [1.807, 2.05) is 0 Å². The molecule has 0 amide bonds. The summed E-state index contributed by atoms with van der Waals surface area (Å²) in [5, 5.41) is 14.3. The molecule has 7 nitrogen and oxygen atoms in total. The van der Waals surface area contributed by atoms with Gasteiger partial charge in [0, 0.05) is 31.3 Å². The van der Waals surface area contributed by atoms with Crippen LogP contribution in [0.1, 0.15) is 31.2 Å². The van der Waals surface area contributed by atoms with E-state index in [9.17, 15) is 18.5 Å². The summed E-state index contributed by atoms with van der Waals surface area (Å²) in [7, 11) is -3.59. The van der Waals surface area contributed by atoms with E-state index in [0.717, 1.165) is 25.3 Å². The van der Waals surface area contributed by atoms with Crippen molar-refractivity contribution < 1.29 is 13.3 Å². The van der Waals surface area contributed by atoms with Gasteiger partial charge in [-0.3, -0.25) is 10.1 Å².